The number of carboxylic acid groups (broad SMARTS) is 1. The molecule has 0 unspecified atom stereocenters. The summed E-state index contributed by atoms with van der Waals surface area (Å²) in [5.74, 6) is -0.940. The monoisotopic (exact) mass is 264 g/mol. The van der Waals surface area contributed by atoms with E-state index in [0.717, 1.165) is 0 Å². The summed E-state index contributed by atoms with van der Waals surface area (Å²) in [6, 6.07) is 0. The maximum Gasteiger partial charge on any atom is 0.353 e. The lowest BCUT2D eigenvalue weighted by Crippen LogP contribution is -2.51. The van der Waals surface area contributed by atoms with E-state index in [9.17, 15) is 9.59 Å². The lowest BCUT2D eigenvalue weighted by molar-refractivity contribution is -0.141. The van der Waals surface area contributed by atoms with Gasteiger partial charge in [-0.05, 0) is 6.08 Å². The Labute approximate surface area is 106 Å². The topological polar surface area (TPSA) is 88.3 Å². The molecule has 0 spiro atoms. The van der Waals surface area contributed by atoms with Gasteiger partial charge in [0.1, 0.15) is 17.4 Å². The molecule has 92 valence electrons. The number of nitrogens with zero attached hydrogens (tertiary/aromatic N) is 4. The van der Waals surface area contributed by atoms with Crippen LogP contribution in [0.25, 0.3) is 6.08 Å². The molecule has 1 fully saturated rings. The van der Waals surface area contributed by atoms with E-state index in [4.69, 9.17) is 5.11 Å². The minimum atomic E-state index is -1.09. The van der Waals surface area contributed by atoms with Crippen LogP contribution in [0.2, 0.25) is 0 Å². The Bertz CT molecular complexity index is 618. The highest BCUT2D eigenvalue weighted by Crippen LogP contribution is 2.44. The van der Waals surface area contributed by atoms with Crippen LogP contribution in [0.15, 0.2) is 23.0 Å². The summed E-state index contributed by atoms with van der Waals surface area (Å²) in [6.07, 6.45) is 3.13. The number of carboxylic acids is 1. The Morgan fingerprint density at radius 3 is 3.00 bits per heavy atom. The summed E-state index contributed by atoms with van der Waals surface area (Å²) in [6.45, 7) is 0. The number of β-lactam (4-membered cyclic amide) rings is 1. The van der Waals surface area contributed by atoms with Crippen LogP contribution in [0.5, 0.6) is 0 Å². The summed E-state index contributed by atoms with van der Waals surface area (Å²) >= 11 is 1.30. The molecule has 3 heterocycles. The maximum atomic E-state index is 11.8. The maximum absolute atomic E-state index is 11.8. The molecule has 0 radical (unpaired) electrons. The summed E-state index contributed by atoms with van der Waals surface area (Å²) in [4.78, 5) is 28.0. The Hall–Kier alpha value is -2.09. The van der Waals surface area contributed by atoms with Gasteiger partial charge in [-0.15, -0.1) is 11.8 Å². The molecule has 0 aromatic carbocycles. The molecular formula is C10H8N4O3S. The van der Waals surface area contributed by atoms with Crippen molar-refractivity contribution in [3.8, 4) is 0 Å². The van der Waals surface area contributed by atoms with Crippen molar-refractivity contribution in [2.45, 2.75) is 5.37 Å². The smallest absolute Gasteiger partial charge is 0.353 e. The first-order valence-electron chi connectivity index (χ1n) is 5.07. The summed E-state index contributed by atoms with van der Waals surface area (Å²) in [7, 11) is 1.73. The van der Waals surface area contributed by atoms with Crippen LogP contribution in [0.4, 0.5) is 0 Å². The van der Waals surface area contributed by atoms with Gasteiger partial charge in [0.25, 0.3) is 5.91 Å². The van der Waals surface area contributed by atoms with Crippen LogP contribution < -0.4 is 0 Å². The van der Waals surface area contributed by atoms with Gasteiger partial charge in [0.05, 0.1) is 5.57 Å². The molecule has 0 aliphatic carbocycles. The first kappa shape index (κ1) is 11.0. The quantitative estimate of drug-likeness (QED) is 0.599. The van der Waals surface area contributed by atoms with E-state index < -0.39 is 5.97 Å². The largest absolute Gasteiger partial charge is 0.477 e. The fourth-order valence-electron chi connectivity index (χ4n) is 1.83. The van der Waals surface area contributed by atoms with Crippen molar-refractivity contribution in [2.24, 2.45) is 7.05 Å². The predicted octanol–water partition coefficient (Wildman–Crippen LogP) is 0.0396. The average Bonchev–Trinajstić information content (AvgIpc) is 2.89. The number of carbonyl (C=O) groups excluding carboxylic acids is 1. The van der Waals surface area contributed by atoms with E-state index in [-0.39, 0.29) is 17.0 Å². The lowest BCUT2D eigenvalue weighted by Gasteiger charge is -2.36. The molecule has 0 bridgehead atoms. The van der Waals surface area contributed by atoms with Gasteiger partial charge in [-0.1, -0.05) is 0 Å². The highest BCUT2D eigenvalue weighted by Gasteiger charge is 2.49. The van der Waals surface area contributed by atoms with Gasteiger partial charge >= 0.3 is 5.97 Å². The summed E-state index contributed by atoms with van der Waals surface area (Å²) < 4.78 is 1.54. The van der Waals surface area contributed by atoms with E-state index in [0.29, 0.717) is 11.4 Å². The van der Waals surface area contributed by atoms with Crippen molar-refractivity contribution >= 4 is 29.7 Å². The molecule has 3 rings (SSSR count). The SMILES string of the molecule is Cn1cnc(/C=C2\C(=O)N3C(C(=O)O)=CS[C@H]23)n1. The van der Waals surface area contributed by atoms with Gasteiger partial charge in [-0.2, -0.15) is 5.10 Å². The van der Waals surface area contributed by atoms with Crippen molar-refractivity contribution in [3.05, 3.63) is 28.8 Å². The van der Waals surface area contributed by atoms with Gasteiger partial charge in [-0.25, -0.2) is 9.78 Å². The second-order valence-corrected chi connectivity index (χ2v) is 4.80. The molecule has 2 aliphatic rings. The first-order valence-corrected chi connectivity index (χ1v) is 6.02. The standard InChI is InChI=1S/C10H8N4O3S/c1-13-4-11-7(12-13)2-5-8(15)14-6(10(16)17)3-18-9(5)14/h2-4,9H,1H3,(H,16,17)/b5-2+/t9-/m1/s1. The summed E-state index contributed by atoms with van der Waals surface area (Å²) in [5, 5.41) is 14.2. The van der Waals surface area contributed by atoms with Gasteiger partial charge in [0.15, 0.2) is 5.82 Å². The van der Waals surface area contributed by atoms with Crippen LogP contribution >= 0.6 is 11.8 Å². The number of thioether (sulfide) groups is 1. The van der Waals surface area contributed by atoms with E-state index in [2.05, 4.69) is 10.1 Å². The third-order valence-electron chi connectivity index (χ3n) is 2.66. The predicted molar refractivity (Wildman–Crippen MR) is 62.9 cm³/mol. The molecule has 1 amide bonds. The van der Waals surface area contributed by atoms with Gasteiger partial charge in [0.2, 0.25) is 0 Å². The Morgan fingerprint density at radius 2 is 2.39 bits per heavy atom. The third-order valence-corrected chi connectivity index (χ3v) is 3.74. The Morgan fingerprint density at radius 1 is 1.61 bits per heavy atom. The van der Waals surface area contributed by atoms with Crippen LogP contribution in [0, 0.1) is 0 Å². The number of hydrogen-bond acceptors (Lipinski definition) is 5. The molecule has 0 saturated carbocycles. The zero-order chi connectivity index (χ0) is 12.9. The molecule has 2 aliphatic heterocycles. The molecule has 7 nitrogen and oxygen atoms in total. The number of aromatic nitrogens is 3. The molecule has 1 aromatic heterocycles. The normalized spacial score (nSPS) is 23.9. The van der Waals surface area contributed by atoms with Crippen LogP contribution in [0.3, 0.4) is 0 Å². The van der Waals surface area contributed by atoms with E-state index in [1.54, 1.807) is 13.1 Å². The molecule has 8 heteroatoms. The number of aryl methyl sites for hydroxylation is 1. The number of hydrogen-bond donors (Lipinski definition) is 1. The molecular weight excluding hydrogens is 256 g/mol. The molecule has 1 atom stereocenters. The van der Waals surface area contributed by atoms with Crippen molar-refractivity contribution in [3.63, 3.8) is 0 Å². The highest BCUT2D eigenvalue weighted by molar-refractivity contribution is 8.03. The minimum absolute atomic E-state index is 0.0288. The molecule has 18 heavy (non-hydrogen) atoms. The first-order chi connectivity index (χ1) is 8.58. The van der Waals surface area contributed by atoms with Gasteiger partial charge < -0.3 is 5.11 Å². The van der Waals surface area contributed by atoms with Crippen LogP contribution in [-0.2, 0) is 16.6 Å². The Balaban J connectivity index is 1.86. The fourth-order valence-corrected chi connectivity index (χ4v) is 2.95. The fraction of sp³-hybridized carbons (Fsp3) is 0.200. The van der Waals surface area contributed by atoms with E-state index >= 15 is 0 Å². The van der Waals surface area contributed by atoms with E-state index in [1.165, 1.54) is 33.1 Å². The van der Waals surface area contributed by atoms with Gasteiger partial charge in [0, 0.05) is 12.5 Å². The van der Waals surface area contributed by atoms with Crippen molar-refractivity contribution in [1.82, 2.24) is 19.7 Å². The number of rotatable bonds is 2. The molecule has 1 saturated heterocycles. The summed E-state index contributed by atoms with van der Waals surface area (Å²) in [5.41, 5.74) is 0.555. The highest BCUT2D eigenvalue weighted by atomic mass is 32.2. The number of aliphatic carboxylic acids is 1. The van der Waals surface area contributed by atoms with Crippen molar-refractivity contribution in [1.29, 1.82) is 0 Å². The van der Waals surface area contributed by atoms with Crippen molar-refractivity contribution < 1.29 is 14.7 Å². The number of amides is 1. The second-order valence-electron chi connectivity index (χ2n) is 3.85. The molecule has 1 N–H and O–H groups in total. The number of carbonyl (C=O) groups is 2. The zero-order valence-electron chi connectivity index (χ0n) is 9.27. The van der Waals surface area contributed by atoms with Crippen LogP contribution in [-0.4, -0.2) is 42.0 Å². The third kappa shape index (κ3) is 1.46. The zero-order valence-corrected chi connectivity index (χ0v) is 10.1. The average molecular weight is 264 g/mol. The van der Waals surface area contributed by atoms with Gasteiger partial charge in [-0.3, -0.25) is 14.4 Å². The van der Waals surface area contributed by atoms with Crippen LogP contribution in [0.1, 0.15) is 5.82 Å². The van der Waals surface area contributed by atoms with Crippen molar-refractivity contribution in [2.75, 3.05) is 0 Å². The Kier molecular flexibility index (Phi) is 2.27. The lowest BCUT2D eigenvalue weighted by atomic mass is 10.0. The minimum Gasteiger partial charge on any atom is -0.477 e. The molecule has 1 aromatic rings. The van der Waals surface area contributed by atoms with E-state index in [1.807, 2.05) is 0 Å². The second kappa shape index (κ2) is 3.70. The number of fused-ring (bicyclic) bond motifs is 1.